The summed E-state index contributed by atoms with van der Waals surface area (Å²) in [6.45, 7) is 0. The van der Waals surface area contributed by atoms with Gasteiger partial charge in [-0.25, -0.2) is 0 Å². The van der Waals surface area contributed by atoms with Crippen LogP contribution < -0.4 is 0 Å². The molecule has 0 radical (unpaired) electrons. The zero-order valence-corrected chi connectivity index (χ0v) is 14.5. The quantitative estimate of drug-likeness (QED) is 0.262. The van der Waals surface area contributed by atoms with E-state index in [1.54, 1.807) is 0 Å². The van der Waals surface area contributed by atoms with Gasteiger partial charge in [-0.15, -0.1) is 0 Å². The molecule has 0 unspecified atom stereocenters. The van der Waals surface area contributed by atoms with Crippen molar-refractivity contribution in [1.82, 2.24) is 0 Å². The van der Waals surface area contributed by atoms with E-state index in [0.29, 0.717) is -2.55 Å². The van der Waals surface area contributed by atoms with Gasteiger partial charge >= 0.3 is 98.4 Å². The Balaban J connectivity index is 4.02. The predicted molar refractivity (Wildman–Crippen MR) is 68.1 cm³/mol. The number of rotatable bonds is 1. The van der Waals surface area contributed by atoms with Gasteiger partial charge in [0.05, 0.1) is 0 Å². The molecule has 0 aromatic rings. The minimum absolute atomic E-state index is 0.557. The van der Waals surface area contributed by atoms with E-state index in [1.165, 1.54) is 0 Å². The van der Waals surface area contributed by atoms with Gasteiger partial charge in [0.2, 0.25) is 0 Å². The summed E-state index contributed by atoms with van der Waals surface area (Å²) in [7, 11) is 0. The summed E-state index contributed by atoms with van der Waals surface area (Å²) in [6.07, 6.45) is 0. The molecular weight excluding hydrogens is 547 g/mol. The minimum atomic E-state index is -1.56. The molecule has 0 saturated carbocycles. The van der Waals surface area contributed by atoms with Gasteiger partial charge in [0.1, 0.15) is 0 Å². The standard InChI is InChI=1S/CI3.3CH3.Sn/c2-1(3)4;;;;/h;3*1H3;. The first-order chi connectivity index (χ1) is 3.25. The number of hydrogen-bond donors (Lipinski definition) is 0. The van der Waals surface area contributed by atoms with Gasteiger partial charge < -0.3 is 0 Å². The van der Waals surface area contributed by atoms with Crippen LogP contribution in [0, 0.1) is 0 Å². The molecule has 0 heterocycles. The van der Waals surface area contributed by atoms with E-state index in [2.05, 4.69) is 82.6 Å². The summed E-state index contributed by atoms with van der Waals surface area (Å²) in [6, 6.07) is 0. The molecular formula is C4H9I3Sn. The van der Waals surface area contributed by atoms with E-state index >= 15 is 0 Å². The number of hydrogen-bond acceptors (Lipinski definition) is 0. The molecule has 0 rings (SSSR count). The van der Waals surface area contributed by atoms with Crippen molar-refractivity contribution in [3.63, 3.8) is 0 Å². The van der Waals surface area contributed by atoms with Gasteiger partial charge in [0, 0.05) is 0 Å². The molecule has 0 aliphatic carbocycles. The summed E-state index contributed by atoms with van der Waals surface area (Å²) < 4.78 is 0.557. The summed E-state index contributed by atoms with van der Waals surface area (Å²) >= 11 is 6.09. The van der Waals surface area contributed by atoms with Crippen LogP contribution in [0.5, 0.6) is 0 Å². The van der Waals surface area contributed by atoms with Gasteiger partial charge in [-0.2, -0.15) is 0 Å². The summed E-state index contributed by atoms with van der Waals surface area (Å²) in [5.41, 5.74) is 0. The fraction of sp³-hybridized carbons (Fsp3) is 1.00. The average molecular weight is 557 g/mol. The van der Waals surface area contributed by atoms with Crippen LogP contribution in [-0.2, 0) is 0 Å². The molecule has 0 spiro atoms. The van der Waals surface area contributed by atoms with Crippen LogP contribution in [0.2, 0.25) is 14.8 Å². The Kier molecular flexibility index (Phi) is 4.93. The number of halogens is 3. The van der Waals surface area contributed by atoms with Crippen molar-refractivity contribution < 1.29 is 0 Å². The van der Waals surface area contributed by atoms with Crippen LogP contribution in [0.4, 0.5) is 0 Å². The fourth-order valence-corrected chi connectivity index (χ4v) is 0. The zero-order chi connectivity index (χ0) is 7.00. The second-order valence-corrected chi connectivity index (χ2v) is 37.5. The SMILES string of the molecule is [CH3][Sn]([CH3])([CH3])[C](I)(I)I. The van der Waals surface area contributed by atoms with Crippen molar-refractivity contribution in [2.75, 3.05) is 0 Å². The second kappa shape index (κ2) is 3.59. The molecule has 0 fully saturated rings. The Morgan fingerprint density at radius 1 is 1.00 bits per heavy atom. The van der Waals surface area contributed by atoms with Gasteiger partial charge in [-0.3, -0.25) is 0 Å². The van der Waals surface area contributed by atoms with E-state index in [9.17, 15) is 0 Å². The van der Waals surface area contributed by atoms with Crippen LogP contribution >= 0.6 is 67.8 Å². The molecule has 50 valence electrons. The van der Waals surface area contributed by atoms with Crippen molar-refractivity contribution in [1.29, 1.82) is 0 Å². The van der Waals surface area contributed by atoms with Gasteiger partial charge in [-0.1, -0.05) is 0 Å². The van der Waals surface area contributed by atoms with Crippen molar-refractivity contribution >= 4 is 86.1 Å². The van der Waals surface area contributed by atoms with Crippen LogP contribution in [-0.4, -0.2) is 15.8 Å². The van der Waals surface area contributed by atoms with E-state index < -0.39 is 18.4 Å². The molecule has 0 aliphatic rings. The van der Waals surface area contributed by atoms with Gasteiger partial charge in [-0.05, 0) is 0 Å². The molecule has 0 aliphatic heterocycles. The summed E-state index contributed by atoms with van der Waals surface area (Å²) in [5, 5.41) is 0. The van der Waals surface area contributed by atoms with Crippen molar-refractivity contribution in [3.05, 3.63) is 0 Å². The Hall–Kier alpha value is 2.99. The summed E-state index contributed by atoms with van der Waals surface area (Å²) in [5.74, 6) is 0. The molecule has 0 bridgehead atoms. The second-order valence-electron chi connectivity index (χ2n) is 2.75. The van der Waals surface area contributed by atoms with E-state index in [1.807, 2.05) is 0 Å². The first-order valence-corrected chi connectivity index (χ1v) is 15.5. The maximum absolute atomic E-state index is 2.55. The predicted octanol–water partition coefficient (Wildman–Crippen LogP) is 3.82. The third-order valence-corrected chi connectivity index (χ3v) is 38.3. The Bertz CT molecular complexity index is 66.3. The van der Waals surface area contributed by atoms with Crippen LogP contribution in [0.1, 0.15) is 0 Å². The van der Waals surface area contributed by atoms with Crippen molar-refractivity contribution in [3.8, 4) is 0 Å². The molecule has 4 heteroatoms. The molecule has 0 nitrogen and oxygen atoms in total. The topological polar surface area (TPSA) is 0 Å². The molecule has 0 atom stereocenters. The molecule has 0 aromatic heterocycles. The van der Waals surface area contributed by atoms with E-state index in [0.717, 1.165) is 0 Å². The monoisotopic (exact) mass is 558 g/mol. The Morgan fingerprint density at radius 3 is 1.12 bits per heavy atom. The maximum atomic E-state index is 2.55. The fourth-order valence-electron chi connectivity index (χ4n) is 0. The molecule has 8 heavy (non-hydrogen) atoms. The van der Waals surface area contributed by atoms with Gasteiger partial charge in [0.15, 0.2) is 0 Å². The zero-order valence-electron chi connectivity index (χ0n) is 5.13. The van der Waals surface area contributed by atoms with Crippen molar-refractivity contribution in [2.24, 2.45) is 0 Å². The third kappa shape index (κ3) is 3.99. The summed E-state index contributed by atoms with van der Waals surface area (Å²) in [4.78, 5) is 7.37. The molecule has 0 amide bonds. The van der Waals surface area contributed by atoms with Gasteiger partial charge in [0.25, 0.3) is 0 Å². The van der Waals surface area contributed by atoms with E-state index in [4.69, 9.17) is 0 Å². The normalized spacial score (nSPS) is 14.2. The Morgan fingerprint density at radius 2 is 1.12 bits per heavy atom. The molecule has 0 N–H and O–H groups in total. The average Bonchev–Trinajstić information content (AvgIpc) is 1.25. The first kappa shape index (κ1) is 11.0. The van der Waals surface area contributed by atoms with Crippen LogP contribution in [0.25, 0.3) is 0 Å². The Labute approximate surface area is 96.2 Å². The van der Waals surface area contributed by atoms with Crippen LogP contribution in [0.3, 0.4) is 0 Å². The first-order valence-electron chi connectivity index (χ1n) is 2.32. The third-order valence-electron chi connectivity index (χ3n) is 0.850. The van der Waals surface area contributed by atoms with E-state index in [-0.39, 0.29) is 0 Å². The van der Waals surface area contributed by atoms with Crippen LogP contribution in [0.15, 0.2) is 0 Å². The van der Waals surface area contributed by atoms with Crippen molar-refractivity contribution in [2.45, 2.75) is 12.3 Å². The molecule has 0 saturated heterocycles. The number of alkyl halides is 3. The molecule has 0 aromatic carbocycles.